The highest BCUT2D eigenvalue weighted by Crippen LogP contribution is 2.44. The minimum Gasteiger partial charge on any atom is -0.508 e. The van der Waals surface area contributed by atoms with Gasteiger partial charge in [0.05, 0.1) is 0 Å². The molecule has 512 valence electrons. The second-order valence-electron chi connectivity index (χ2n) is 30.3. The van der Waals surface area contributed by atoms with E-state index >= 15 is 0 Å². The molecule has 0 spiro atoms. The summed E-state index contributed by atoms with van der Waals surface area (Å²) in [6.07, 6.45) is 3.01. The summed E-state index contributed by atoms with van der Waals surface area (Å²) in [5, 5.41) is 8.76. The van der Waals surface area contributed by atoms with Crippen molar-refractivity contribution in [2.45, 2.75) is 157 Å². The van der Waals surface area contributed by atoms with Gasteiger partial charge in [0.2, 0.25) is 0 Å². The molecule has 0 saturated carbocycles. The van der Waals surface area contributed by atoms with Gasteiger partial charge in [0, 0.05) is 81.5 Å². The van der Waals surface area contributed by atoms with Crippen molar-refractivity contribution in [3.63, 3.8) is 0 Å². The molecule has 9 nitrogen and oxygen atoms in total. The van der Waals surface area contributed by atoms with E-state index in [0.29, 0.717) is 32.7 Å². The molecular formula is C90H102N4O5. The van der Waals surface area contributed by atoms with Gasteiger partial charge in [-0.05, 0) is 211 Å². The Bertz CT molecular complexity index is 4500. The first-order valence-electron chi connectivity index (χ1n) is 35.5. The molecule has 1 N–H and O–H groups in total. The number of nitrogens with zero attached hydrogens (tertiary/aromatic N) is 4. The number of anilines is 2. The van der Waals surface area contributed by atoms with E-state index in [1.54, 1.807) is 12.1 Å². The van der Waals surface area contributed by atoms with Crippen molar-refractivity contribution in [3.8, 4) is 28.7 Å². The first-order valence-corrected chi connectivity index (χ1v) is 35.5. The molecule has 9 heteroatoms. The van der Waals surface area contributed by atoms with Gasteiger partial charge in [-0.25, -0.2) is 0 Å². The molecule has 0 unspecified atom stereocenters. The molecule has 0 bridgehead atoms. The molecule has 4 aliphatic rings. The van der Waals surface area contributed by atoms with E-state index < -0.39 is 0 Å². The van der Waals surface area contributed by atoms with Crippen molar-refractivity contribution in [2.75, 3.05) is 50.8 Å². The smallest absolute Gasteiger partial charge is 0.161 e. The highest BCUT2D eigenvalue weighted by molar-refractivity contribution is 5.60. The summed E-state index contributed by atoms with van der Waals surface area (Å²) >= 11 is 0. The lowest BCUT2D eigenvalue weighted by Gasteiger charge is -2.35. The van der Waals surface area contributed by atoms with Crippen LogP contribution < -0.4 is 28.7 Å². The topological polar surface area (TPSA) is 70.1 Å². The monoisotopic (exact) mass is 1320 g/mol. The van der Waals surface area contributed by atoms with Gasteiger partial charge >= 0.3 is 0 Å². The van der Waals surface area contributed by atoms with Crippen LogP contribution in [-0.2, 0) is 67.1 Å². The number of phenols is 1. The van der Waals surface area contributed by atoms with Crippen molar-refractivity contribution < 1.29 is 24.1 Å². The summed E-state index contributed by atoms with van der Waals surface area (Å²) in [5.74, 6) is 4.31. The van der Waals surface area contributed by atoms with Crippen LogP contribution in [0.1, 0.15) is 175 Å². The molecule has 99 heavy (non-hydrogen) atoms. The van der Waals surface area contributed by atoms with Crippen LogP contribution >= 0.6 is 0 Å². The first-order chi connectivity index (χ1) is 47.3. The number of benzene rings is 10. The molecule has 0 aliphatic carbocycles. The molecule has 0 amide bonds. The van der Waals surface area contributed by atoms with Crippen molar-refractivity contribution in [1.82, 2.24) is 9.80 Å². The van der Waals surface area contributed by atoms with Crippen LogP contribution in [0.3, 0.4) is 0 Å². The Hall–Kier alpha value is -9.28. The molecule has 0 aromatic heterocycles. The SMILES string of the molecule is CCc1cc(Cc2ccc(N3COc4ccc(C(C)(C)c5cccc(C(C)(C)c6ccc7c(c6)CN(C)CO7)c5)cc4C3)c(CC)c2)ccc1C.Cc1ccc(O)cc1.Cc1cccc(N2COc3ccc(C(C)(C)c4cccc(C(C)(C)c5ccc6c(c5)CN(C)CO6)c4)cc3C2)c1. The van der Waals surface area contributed by atoms with Gasteiger partial charge in [-0.3, -0.25) is 9.80 Å². The fourth-order valence-electron chi connectivity index (χ4n) is 14.5. The number of ether oxygens (including phenoxy) is 4. The van der Waals surface area contributed by atoms with Crippen LogP contribution in [0, 0.1) is 20.8 Å². The lowest BCUT2D eigenvalue weighted by molar-refractivity contribution is 0.121. The van der Waals surface area contributed by atoms with Gasteiger partial charge in [-0.2, -0.15) is 0 Å². The van der Waals surface area contributed by atoms with Crippen LogP contribution in [0.2, 0.25) is 0 Å². The van der Waals surface area contributed by atoms with E-state index in [9.17, 15) is 0 Å². The summed E-state index contributed by atoms with van der Waals surface area (Å²) < 4.78 is 24.4. The highest BCUT2D eigenvalue weighted by atomic mass is 16.5. The zero-order valence-corrected chi connectivity index (χ0v) is 61.3. The average molecular weight is 1320 g/mol. The Labute approximate surface area is 590 Å². The molecular weight excluding hydrogens is 1220 g/mol. The average Bonchev–Trinajstić information content (AvgIpc) is 0.774. The normalized spacial score (nSPS) is 14.7. The Kier molecular flexibility index (Phi) is 20.3. The molecule has 10 aromatic carbocycles. The van der Waals surface area contributed by atoms with Crippen molar-refractivity contribution in [3.05, 3.63) is 312 Å². The molecule has 0 fully saturated rings. The third-order valence-electron chi connectivity index (χ3n) is 21.4. The zero-order valence-electron chi connectivity index (χ0n) is 61.3. The lowest BCUT2D eigenvalue weighted by atomic mass is 9.73. The highest BCUT2D eigenvalue weighted by Gasteiger charge is 2.33. The lowest BCUT2D eigenvalue weighted by Crippen LogP contribution is -2.33. The van der Waals surface area contributed by atoms with E-state index in [0.717, 1.165) is 68.4 Å². The summed E-state index contributed by atoms with van der Waals surface area (Å²) in [6, 6.07) is 75.0. The number of phenolic OH excluding ortho intramolecular Hbond substituents is 1. The van der Waals surface area contributed by atoms with Crippen molar-refractivity contribution in [2.24, 2.45) is 0 Å². The van der Waals surface area contributed by atoms with Crippen molar-refractivity contribution in [1.29, 1.82) is 0 Å². The predicted molar refractivity (Wildman–Crippen MR) is 408 cm³/mol. The number of rotatable bonds is 14. The first kappa shape index (κ1) is 69.6. The van der Waals surface area contributed by atoms with Crippen LogP contribution in [-0.4, -0.2) is 55.9 Å². The fraction of sp³-hybridized carbons (Fsp3) is 0.333. The quantitative estimate of drug-likeness (QED) is 0.115. The maximum Gasteiger partial charge on any atom is 0.161 e. The minimum atomic E-state index is -0.195. The molecule has 0 atom stereocenters. The van der Waals surface area contributed by atoms with Gasteiger partial charge < -0.3 is 33.9 Å². The molecule has 0 radical (unpaired) electrons. The molecule has 0 saturated heterocycles. The third kappa shape index (κ3) is 15.3. The molecule has 4 heterocycles. The second-order valence-corrected chi connectivity index (χ2v) is 30.3. The third-order valence-corrected chi connectivity index (χ3v) is 21.4. The van der Waals surface area contributed by atoms with E-state index in [4.69, 9.17) is 24.1 Å². The summed E-state index contributed by atoms with van der Waals surface area (Å²) in [5.41, 5.74) is 26.6. The molecule has 14 rings (SSSR count). The van der Waals surface area contributed by atoms with Gasteiger partial charge in [0.1, 0.15) is 42.2 Å². The number of hydrogen-bond donors (Lipinski definition) is 1. The molecule has 10 aromatic rings. The number of fused-ring (bicyclic) bond motifs is 4. The maximum atomic E-state index is 8.76. The Morgan fingerprint density at radius 1 is 0.354 bits per heavy atom. The number of aromatic hydroxyl groups is 1. The van der Waals surface area contributed by atoms with Gasteiger partial charge in [0.25, 0.3) is 0 Å². The van der Waals surface area contributed by atoms with Crippen LogP contribution in [0.15, 0.2) is 206 Å². The van der Waals surface area contributed by atoms with Gasteiger partial charge in [-0.1, -0.05) is 202 Å². The number of hydrogen-bond acceptors (Lipinski definition) is 9. The standard InChI is InChI=1S/C47H54N2O2.C36H40N2O2.C7H8O/c1-9-35-23-33(15-14-32(35)3)22-34-16-19-43(36(10-2)24-34)49-29-38-26-42(18-21-45(38)51-31-49)47(6,7)40-13-11-12-39(27-40)46(4,5)41-17-20-44-37(25-41)28-48(8)30-50-44;1-25-9-7-12-32(17-25)38-22-27-19-31(14-16-34(27)40-24-38)36(4,5)29-11-8-10-28(20-29)35(2,3)30-13-15-33-26(18-30)21-37(6)23-39-33;1-6-2-4-7(8)5-3-6/h11-21,23-27H,9-10,22,28-31H2,1-8H3;7-20H,21-24H2,1-6H3;2-5,8H,1H3. The second kappa shape index (κ2) is 28.9. The molecule has 4 aliphatic heterocycles. The van der Waals surface area contributed by atoms with Crippen molar-refractivity contribution >= 4 is 11.4 Å². The maximum absolute atomic E-state index is 8.76. The summed E-state index contributed by atoms with van der Waals surface area (Å²) in [4.78, 5) is 9.11. The predicted octanol–water partition coefficient (Wildman–Crippen LogP) is 20.0. The van der Waals surface area contributed by atoms with Crippen LogP contribution in [0.25, 0.3) is 0 Å². The fourth-order valence-corrected chi connectivity index (χ4v) is 14.5. The van der Waals surface area contributed by atoms with Gasteiger partial charge in [0.15, 0.2) is 13.5 Å². The van der Waals surface area contributed by atoms with E-state index in [1.807, 2.05) is 19.1 Å². The number of aryl methyl sites for hydroxylation is 5. The Balaban J connectivity index is 0.000000172. The Morgan fingerprint density at radius 2 is 0.737 bits per heavy atom. The summed E-state index contributed by atoms with van der Waals surface area (Å²) in [6.45, 7) is 35.4. The largest absolute Gasteiger partial charge is 0.508 e. The van der Waals surface area contributed by atoms with E-state index in [1.165, 1.54) is 117 Å². The Morgan fingerprint density at radius 3 is 1.17 bits per heavy atom. The van der Waals surface area contributed by atoms with Gasteiger partial charge in [-0.15, -0.1) is 0 Å². The van der Waals surface area contributed by atoms with E-state index in [-0.39, 0.29) is 21.7 Å². The van der Waals surface area contributed by atoms with Crippen LogP contribution in [0.4, 0.5) is 11.4 Å². The van der Waals surface area contributed by atoms with E-state index in [2.05, 4.69) is 299 Å². The summed E-state index contributed by atoms with van der Waals surface area (Å²) in [7, 11) is 4.20. The minimum absolute atomic E-state index is 0.144. The van der Waals surface area contributed by atoms with Crippen LogP contribution in [0.5, 0.6) is 28.7 Å². The zero-order chi connectivity index (χ0) is 70.0.